The summed E-state index contributed by atoms with van der Waals surface area (Å²) in [5, 5.41) is 12.1. The molecule has 1 heterocycles. The first-order valence-corrected chi connectivity index (χ1v) is 8.56. The number of aryl methyl sites for hydroxylation is 2. The van der Waals surface area contributed by atoms with Crippen molar-refractivity contribution in [3.8, 4) is 11.5 Å². The highest BCUT2D eigenvalue weighted by molar-refractivity contribution is 5.89. The molecule has 1 aliphatic rings. The highest BCUT2D eigenvalue weighted by Crippen LogP contribution is 2.25. The van der Waals surface area contributed by atoms with Crippen LogP contribution in [0.3, 0.4) is 0 Å². The van der Waals surface area contributed by atoms with Gasteiger partial charge in [-0.1, -0.05) is 6.07 Å². The predicted octanol–water partition coefficient (Wildman–Crippen LogP) is 3.94. The lowest BCUT2D eigenvalue weighted by Gasteiger charge is -2.17. The van der Waals surface area contributed by atoms with E-state index in [0.717, 1.165) is 34.7 Å². The normalized spacial score (nSPS) is 16.8. The van der Waals surface area contributed by atoms with Gasteiger partial charge in [0.05, 0.1) is 0 Å². The van der Waals surface area contributed by atoms with Crippen molar-refractivity contribution in [3.63, 3.8) is 0 Å². The van der Waals surface area contributed by atoms with Gasteiger partial charge in [-0.05, 0) is 67.8 Å². The van der Waals surface area contributed by atoms with Crippen molar-refractivity contribution in [1.29, 1.82) is 0 Å². The van der Waals surface area contributed by atoms with Gasteiger partial charge in [0.25, 0.3) is 0 Å². The molecule has 1 aliphatic heterocycles. The number of amides is 2. The van der Waals surface area contributed by atoms with Gasteiger partial charge in [0.1, 0.15) is 11.5 Å². The second kappa shape index (κ2) is 7.57. The average Bonchev–Trinajstić information content (AvgIpc) is 3.05. The van der Waals surface area contributed by atoms with E-state index in [1.807, 2.05) is 50.2 Å². The molecule has 0 saturated carbocycles. The standard InChI is InChI=1S/C20H24N2O3/c1-14-9-15(2)11-19(10-14)25-18-5-3-17(4-6-18)21-20(24)22-8-7-16(12-22)13-23/h3-6,9-11,16,23H,7-8,12-13H2,1-2H3,(H,21,24). The molecule has 5 heteroatoms. The van der Waals surface area contributed by atoms with Gasteiger partial charge in [-0.15, -0.1) is 0 Å². The summed E-state index contributed by atoms with van der Waals surface area (Å²) in [6.07, 6.45) is 0.854. The van der Waals surface area contributed by atoms with E-state index >= 15 is 0 Å². The molecule has 1 fully saturated rings. The minimum atomic E-state index is -0.126. The van der Waals surface area contributed by atoms with Crippen LogP contribution in [-0.4, -0.2) is 35.7 Å². The fourth-order valence-corrected chi connectivity index (χ4v) is 3.10. The van der Waals surface area contributed by atoms with E-state index in [0.29, 0.717) is 13.1 Å². The van der Waals surface area contributed by atoms with Gasteiger partial charge in [-0.25, -0.2) is 4.79 Å². The lowest BCUT2D eigenvalue weighted by atomic mass is 10.1. The largest absolute Gasteiger partial charge is 0.457 e. The molecule has 3 rings (SSSR count). The van der Waals surface area contributed by atoms with Gasteiger partial charge in [-0.3, -0.25) is 0 Å². The number of urea groups is 1. The van der Waals surface area contributed by atoms with Gasteiger partial charge in [-0.2, -0.15) is 0 Å². The van der Waals surface area contributed by atoms with Crippen LogP contribution in [-0.2, 0) is 0 Å². The molecule has 0 radical (unpaired) electrons. The van der Waals surface area contributed by atoms with Crippen LogP contribution in [0, 0.1) is 19.8 Å². The number of nitrogens with zero attached hydrogens (tertiary/aromatic N) is 1. The Bertz CT molecular complexity index is 723. The smallest absolute Gasteiger partial charge is 0.321 e. The highest BCUT2D eigenvalue weighted by atomic mass is 16.5. The Morgan fingerprint density at radius 1 is 1.16 bits per heavy atom. The summed E-state index contributed by atoms with van der Waals surface area (Å²) in [4.78, 5) is 14.0. The number of hydrogen-bond donors (Lipinski definition) is 2. The van der Waals surface area contributed by atoms with Crippen LogP contribution in [0.15, 0.2) is 42.5 Å². The average molecular weight is 340 g/mol. The van der Waals surface area contributed by atoms with E-state index in [2.05, 4.69) is 11.4 Å². The van der Waals surface area contributed by atoms with Gasteiger partial charge in [0.2, 0.25) is 0 Å². The Hall–Kier alpha value is -2.53. The number of ether oxygens (including phenoxy) is 1. The summed E-state index contributed by atoms with van der Waals surface area (Å²) in [5.74, 6) is 1.73. The fourth-order valence-electron chi connectivity index (χ4n) is 3.10. The summed E-state index contributed by atoms with van der Waals surface area (Å²) >= 11 is 0. The molecule has 1 saturated heterocycles. The first kappa shape index (κ1) is 17.3. The molecule has 0 spiro atoms. The molecule has 5 nitrogen and oxygen atoms in total. The molecule has 0 aliphatic carbocycles. The molecule has 25 heavy (non-hydrogen) atoms. The Balaban J connectivity index is 1.59. The number of carbonyl (C=O) groups is 1. The molecule has 1 atom stereocenters. The Kier molecular flexibility index (Phi) is 5.24. The number of anilines is 1. The highest BCUT2D eigenvalue weighted by Gasteiger charge is 2.25. The lowest BCUT2D eigenvalue weighted by Crippen LogP contribution is -2.33. The molecule has 2 amide bonds. The van der Waals surface area contributed by atoms with Crippen LogP contribution >= 0.6 is 0 Å². The quantitative estimate of drug-likeness (QED) is 0.886. The third kappa shape index (κ3) is 4.51. The van der Waals surface area contributed by atoms with Crippen molar-refractivity contribution in [2.75, 3.05) is 25.0 Å². The van der Waals surface area contributed by atoms with Gasteiger partial charge in [0.15, 0.2) is 0 Å². The maximum atomic E-state index is 12.2. The van der Waals surface area contributed by atoms with Crippen molar-refractivity contribution in [2.24, 2.45) is 5.92 Å². The molecular formula is C20H24N2O3. The zero-order valence-electron chi connectivity index (χ0n) is 14.7. The first-order chi connectivity index (χ1) is 12.0. The van der Waals surface area contributed by atoms with Crippen molar-refractivity contribution in [1.82, 2.24) is 4.90 Å². The molecule has 132 valence electrons. The number of hydrogen-bond acceptors (Lipinski definition) is 3. The molecule has 0 aromatic heterocycles. The van der Waals surface area contributed by atoms with Crippen molar-refractivity contribution in [2.45, 2.75) is 20.3 Å². The summed E-state index contributed by atoms with van der Waals surface area (Å²) in [7, 11) is 0. The van der Waals surface area contributed by atoms with Crippen molar-refractivity contribution < 1.29 is 14.6 Å². The summed E-state index contributed by atoms with van der Waals surface area (Å²) in [5.41, 5.74) is 3.04. The first-order valence-electron chi connectivity index (χ1n) is 8.56. The molecule has 2 N–H and O–H groups in total. The number of benzene rings is 2. The van der Waals surface area contributed by atoms with E-state index in [-0.39, 0.29) is 18.6 Å². The summed E-state index contributed by atoms with van der Waals surface area (Å²) in [6.45, 7) is 5.51. The Morgan fingerprint density at radius 3 is 2.44 bits per heavy atom. The molecule has 2 aromatic carbocycles. The van der Waals surface area contributed by atoms with E-state index in [4.69, 9.17) is 9.84 Å². The minimum absolute atomic E-state index is 0.126. The maximum absolute atomic E-state index is 12.2. The zero-order valence-corrected chi connectivity index (χ0v) is 14.7. The zero-order chi connectivity index (χ0) is 17.8. The second-order valence-electron chi connectivity index (χ2n) is 6.66. The number of nitrogens with one attached hydrogen (secondary N) is 1. The third-order valence-electron chi connectivity index (χ3n) is 4.37. The van der Waals surface area contributed by atoms with Gasteiger partial charge < -0.3 is 20.1 Å². The van der Waals surface area contributed by atoms with Gasteiger partial charge in [0, 0.05) is 31.3 Å². The Labute approximate surface area is 148 Å². The lowest BCUT2D eigenvalue weighted by molar-refractivity contribution is 0.209. The molecular weight excluding hydrogens is 316 g/mol. The van der Waals surface area contributed by atoms with Crippen LogP contribution in [0.25, 0.3) is 0 Å². The van der Waals surface area contributed by atoms with Crippen LogP contribution in [0.2, 0.25) is 0 Å². The second-order valence-corrected chi connectivity index (χ2v) is 6.66. The van der Waals surface area contributed by atoms with E-state index < -0.39 is 0 Å². The summed E-state index contributed by atoms with van der Waals surface area (Å²) < 4.78 is 5.88. The van der Waals surface area contributed by atoms with Crippen LogP contribution in [0.5, 0.6) is 11.5 Å². The number of carbonyl (C=O) groups excluding carboxylic acids is 1. The SMILES string of the molecule is Cc1cc(C)cc(Oc2ccc(NC(=O)N3CCC(CO)C3)cc2)c1. The Morgan fingerprint density at radius 2 is 1.84 bits per heavy atom. The fraction of sp³-hybridized carbons (Fsp3) is 0.350. The third-order valence-corrected chi connectivity index (χ3v) is 4.37. The van der Waals surface area contributed by atoms with Crippen LogP contribution in [0.4, 0.5) is 10.5 Å². The number of rotatable bonds is 4. The number of likely N-dealkylation sites (tertiary alicyclic amines) is 1. The number of aliphatic hydroxyl groups excluding tert-OH is 1. The van der Waals surface area contributed by atoms with Crippen molar-refractivity contribution in [3.05, 3.63) is 53.6 Å². The van der Waals surface area contributed by atoms with E-state index in [9.17, 15) is 4.79 Å². The molecule has 2 aromatic rings. The number of aliphatic hydroxyl groups is 1. The van der Waals surface area contributed by atoms with E-state index in [1.54, 1.807) is 4.90 Å². The maximum Gasteiger partial charge on any atom is 0.321 e. The van der Waals surface area contributed by atoms with Crippen LogP contribution in [0.1, 0.15) is 17.5 Å². The van der Waals surface area contributed by atoms with Gasteiger partial charge >= 0.3 is 6.03 Å². The molecule has 1 unspecified atom stereocenters. The van der Waals surface area contributed by atoms with Crippen LogP contribution < -0.4 is 10.1 Å². The topological polar surface area (TPSA) is 61.8 Å². The summed E-state index contributed by atoms with van der Waals surface area (Å²) in [6, 6.07) is 13.3. The monoisotopic (exact) mass is 340 g/mol. The molecule has 0 bridgehead atoms. The van der Waals surface area contributed by atoms with E-state index in [1.165, 1.54) is 0 Å². The van der Waals surface area contributed by atoms with Crippen molar-refractivity contribution >= 4 is 11.7 Å². The predicted molar refractivity (Wildman–Crippen MR) is 98.2 cm³/mol. The minimum Gasteiger partial charge on any atom is -0.457 e.